The van der Waals surface area contributed by atoms with Crippen molar-refractivity contribution in [3.05, 3.63) is 21.9 Å². The molecule has 1 aromatic heterocycles. The first kappa shape index (κ1) is 15.8. The van der Waals surface area contributed by atoms with Crippen LogP contribution < -0.4 is 5.32 Å². The van der Waals surface area contributed by atoms with E-state index in [2.05, 4.69) is 5.32 Å². The van der Waals surface area contributed by atoms with E-state index in [1.165, 1.54) is 4.88 Å². The van der Waals surface area contributed by atoms with E-state index >= 15 is 0 Å². The summed E-state index contributed by atoms with van der Waals surface area (Å²) in [5.74, 6) is -0.957. The van der Waals surface area contributed by atoms with Gasteiger partial charge < -0.3 is 20.1 Å². The smallest absolute Gasteiger partial charge is 0.329 e. The van der Waals surface area contributed by atoms with Crippen LogP contribution in [-0.2, 0) is 16.1 Å². The molecule has 1 saturated heterocycles. The number of ether oxygens (including phenoxy) is 1. The summed E-state index contributed by atoms with van der Waals surface area (Å²) in [6.45, 7) is 3.51. The number of urea groups is 1. The van der Waals surface area contributed by atoms with Crippen molar-refractivity contribution < 1.29 is 19.4 Å². The predicted molar refractivity (Wildman–Crippen MR) is 79.5 cm³/mol. The number of thiophene rings is 1. The number of carboxylic acids is 1. The molecule has 0 bridgehead atoms. The van der Waals surface area contributed by atoms with Crippen molar-refractivity contribution >= 4 is 23.3 Å². The lowest BCUT2D eigenvalue weighted by Crippen LogP contribution is -2.45. The van der Waals surface area contributed by atoms with Gasteiger partial charge >= 0.3 is 12.0 Å². The van der Waals surface area contributed by atoms with E-state index in [-0.39, 0.29) is 18.7 Å². The zero-order valence-corrected chi connectivity index (χ0v) is 12.8. The molecule has 0 spiro atoms. The van der Waals surface area contributed by atoms with Gasteiger partial charge in [-0.2, -0.15) is 0 Å². The lowest BCUT2D eigenvalue weighted by atomic mass is 10.1. The monoisotopic (exact) mass is 312 g/mol. The molecule has 21 heavy (non-hydrogen) atoms. The largest absolute Gasteiger partial charge is 0.480 e. The van der Waals surface area contributed by atoms with Crippen LogP contribution in [0.1, 0.15) is 22.6 Å². The number of nitrogens with one attached hydrogen (secondary N) is 1. The lowest BCUT2D eigenvalue weighted by molar-refractivity contribution is -0.145. The zero-order chi connectivity index (χ0) is 15.2. The molecule has 0 saturated carbocycles. The van der Waals surface area contributed by atoms with E-state index in [0.717, 1.165) is 4.88 Å². The number of aryl methyl sites for hydroxylation is 1. The molecule has 1 fully saturated rings. The standard InChI is InChI=1S/C14H20N2O4S/c1-10-2-3-12(21-10)8-15-14(19)16-6-4-11(5-7-16)20-9-13(17)18/h2-3,11H,4-9H2,1H3,(H,15,19)(H,17,18). The van der Waals surface area contributed by atoms with Crippen molar-refractivity contribution in [3.8, 4) is 0 Å². The Labute approximate surface area is 127 Å². The van der Waals surface area contributed by atoms with Crippen molar-refractivity contribution in [3.63, 3.8) is 0 Å². The first-order valence-electron chi connectivity index (χ1n) is 6.96. The van der Waals surface area contributed by atoms with E-state index in [9.17, 15) is 9.59 Å². The Morgan fingerprint density at radius 1 is 1.43 bits per heavy atom. The Kier molecular flexibility index (Phi) is 5.58. The zero-order valence-electron chi connectivity index (χ0n) is 12.0. The molecule has 0 aromatic carbocycles. The quantitative estimate of drug-likeness (QED) is 0.869. The summed E-state index contributed by atoms with van der Waals surface area (Å²) < 4.78 is 5.25. The molecule has 0 unspecified atom stereocenters. The Hall–Kier alpha value is -1.60. The number of rotatable bonds is 5. The third-order valence-corrected chi connectivity index (χ3v) is 4.38. The average molecular weight is 312 g/mol. The van der Waals surface area contributed by atoms with Crippen LogP contribution in [0.25, 0.3) is 0 Å². The number of carbonyl (C=O) groups is 2. The van der Waals surface area contributed by atoms with Crippen molar-refractivity contribution in [2.75, 3.05) is 19.7 Å². The van der Waals surface area contributed by atoms with Gasteiger partial charge in [-0.3, -0.25) is 0 Å². The Bertz CT molecular complexity index is 495. The van der Waals surface area contributed by atoms with Crippen LogP contribution in [0.5, 0.6) is 0 Å². The van der Waals surface area contributed by atoms with Gasteiger partial charge in [-0.1, -0.05) is 0 Å². The average Bonchev–Trinajstić information content (AvgIpc) is 2.89. The summed E-state index contributed by atoms with van der Waals surface area (Å²) >= 11 is 1.68. The van der Waals surface area contributed by atoms with Crippen molar-refractivity contribution in [1.82, 2.24) is 10.2 Å². The summed E-state index contributed by atoms with van der Waals surface area (Å²) in [6, 6.07) is 3.99. The van der Waals surface area contributed by atoms with Crippen molar-refractivity contribution in [1.29, 1.82) is 0 Å². The highest BCUT2D eigenvalue weighted by Crippen LogP contribution is 2.16. The van der Waals surface area contributed by atoms with Gasteiger partial charge in [0.25, 0.3) is 0 Å². The highest BCUT2D eigenvalue weighted by atomic mass is 32.1. The Morgan fingerprint density at radius 2 is 2.14 bits per heavy atom. The molecule has 2 amide bonds. The van der Waals surface area contributed by atoms with Gasteiger partial charge in [-0.15, -0.1) is 11.3 Å². The lowest BCUT2D eigenvalue weighted by Gasteiger charge is -2.31. The highest BCUT2D eigenvalue weighted by molar-refractivity contribution is 7.11. The molecule has 2 rings (SSSR count). The molecule has 1 aliphatic heterocycles. The summed E-state index contributed by atoms with van der Waals surface area (Å²) in [4.78, 5) is 26.6. The van der Waals surface area contributed by atoms with Crippen molar-refractivity contribution in [2.24, 2.45) is 0 Å². The number of likely N-dealkylation sites (tertiary alicyclic amines) is 1. The fourth-order valence-corrected chi connectivity index (χ4v) is 3.10. The number of amides is 2. The van der Waals surface area contributed by atoms with Crippen LogP contribution in [0, 0.1) is 6.92 Å². The molecule has 0 atom stereocenters. The van der Waals surface area contributed by atoms with Gasteiger partial charge in [-0.25, -0.2) is 9.59 Å². The van der Waals surface area contributed by atoms with Crippen molar-refractivity contribution in [2.45, 2.75) is 32.4 Å². The van der Waals surface area contributed by atoms with Gasteiger partial charge in [0.05, 0.1) is 12.6 Å². The fraction of sp³-hybridized carbons (Fsp3) is 0.571. The van der Waals surface area contributed by atoms with Gasteiger partial charge in [0.2, 0.25) is 0 Å². The maximum atomic E-state index is 12.0. The van der Waals surface area contributed by atoms with E-state index < -0.39 is 5.97 Å². The second kappa shape index (κ2) is 7.42. The van der Waals surface area contributed by atoms with E-state index in [4.69, 9.17) is 9.84 Å². The van der Waals surface area contributed by atoms with Crippen LogP contribution in [0.15, 0.2) is 12.1 Å². The molecule has 7 heteroatoms. The van der Waals surface area contributed by atoms with Gasteiger partial charge in [0, 0.05) is 22.8 Å². The molecule has 2 N–H and O–H groups in total. The molecular weight excluding hydrogens is 292 g/mol. The molecule has 0 aliphatic carbocycles. The van der Waals surface area contributed by atoms with Crippen LogP contribution >= 0.6 is 11.3 Å². The first-order chi connectivity index (χ1) is 10.0. The Balaban J connectivity index is 1.69. The maximum Gasteiger partial charge on any atom is 0.329 e. The normalized spacial score (nSPS) is 16.0. The molecule has 6 nitrogen and oxygen atoms in total. The minimum absolute atomic E-state index is 0.0647. The number of piperidine rings is 1. The number of aliphatic carboxylic acids is 1. The van der Waals surface area contributed by atoms with Crippen LogP contribution in [-0.4, -0.2) is 47.8 Å². The highest BCUT2D eigenvalue weighted by Gasteiger charge is 2.23. The minimum atomic E-state index is -0.957. The van der Waals surface area contributed by atoms with Crippen LogP contribution in [0.2, 0.25) is 0 Å². The number of hydrogen-bond donors (Lipinski definition) is 2. The van der Waals surface area contributed by atoms with E-state index in [0.29, 0.717) is 32.5 Å². The molecule has 0 radical (unpaired) electrons. The van der Waals surface area contributed by atoms with Crippen LogP contribution in [0.3, 0.4) is 0 Å². The predicted octanol–water partition coefficient (Wildman–Crippen LogP) is 1.83. The van der Waals surface area contributed by atoms with E-state index in [1.807, 2.05) is 19.1 Å². The number of carbonyl (C=O) groups excluding carboxylic acids is 1. The second-order valence-corrected chi connectivity index (χ2v) is 6.43. The SMILES string of the molecule is Cc1ccc(CNC(=O)N2CCC(OCC(=O)O)CC2)s1. The summed E-state index contributed by atoms with van der Waals surface area (Å²) in [5.41, 5.74) is 0. The first-order valence-corrected chi connectivity index (χ1v) is 7.77. The van der Waals surface area contributed by atoms with Gasteiger partial charge in [0.1, 0.15) is 6.61 Å². The third kappa shape index (κ3) is 5.02. The summed E-state index contributed by atoms with van der Waals surface area (Å²) in [6.07, 6.45) is 1.29. The fourth-order valence-electron chi connectivity index (χ4n) is 2.27. The molecule has 2 heterocycles. The topological polar surface area (TPSA) is 78.9 Å². The number of nitrogens with zero attached hydrogens (tertiary/aromatic N) is 1. The second-order valence-electron chi connectivity index (χ2n) is 5.06. The van der Waals surface area contributed by atoms with Gasteiger partial charge in [0.15, 0.2) is 0 Å². The molecular formula is C14H20N2O4S. The van der Waals surface area contributed by atoms with Gasteiger partial charge in [-0.05, 0) is 31.9 Å². The molecule has 1 aromatic rings. The maximum absolute atomic E-state index is 12.0. The molecule has 116 valence electrons. The summed E-state index contributed by atoms with van der Waals surface area (Å²) in [7, 11) is 0. The number of hydrogen-bond acceptors (Lipinski definition) is 4. The molecule has 1 aliphatic rings. The third-order valence-electron chi connectivity index (χ3n) is 3.38. The van der Waals surface area contributed by atoms with Crippen LogP contribution in [0.4, 0.5) is 4.79 Å². The summed E-state index contributed by atoms with van der Waals surface area (Å²) in [5, 5.41) is 11.5. The minimum Gasteiger partial charge on any atom is -0.480 e. The Morgan fingerprint density at radius 3 is 2.71 bits per heavy atom. The number of carboxylic acid groups (broad SMARTS) is 1. The van der Waals surface area contributed by atoms with E-state index in [1.54, 1.807) is 16.2 Å².